The Labute approximate surface area is 149 Å². The molecule has 0 radical (unpaired) electrons. The zero-order chi connectivity index (χ0) is 16.7. The van der Waals surface area contributed by atoms with Crippen molar-refractivity contribution in [2.75, 3.05) is 7.11 Å². The molecule has 5 heteroatoms. The molecule has 2 fully saturated rings. The molecule has 4 rings (SSSR count). The van der Waals surface area contributed by atoms with Crippen LogP contribution in [0.1, 0.15) is 50.6 Å². The second kappa shape index (κ2) is 6.36. The molecule has 1 unspecified atom stereocenters. The molecule has 4 nitrogen and oxygen atoms in total. The molecule has 2 saturated carbocycles. The van der Waals surface area contributed by atoms with Gasteiger partial charge in [0.2, 0.25) is 0 Å². The molecule has 3 atom stereocenters. The van der Waals surface area contributed by atoms with Crippen molar-refractivity contribution in [2.45, 2.75) is 51.1 Å². The highest BCUT2D eigenvalue weighted by Crippen LogP contribution is 2.44. The third-order valence-corrected chi connectivity index (χ3v) is 5.78. The summed E-state index contributed by atoms with van der Waals surface area (Å²) >= 11 is 5.70. The maximum absolute atomic E-state index is 5.70. The standard InChI is InChI=1S/C19H25N3OS/c1-12-4-3-5-16-17(12)21-22(19(24)20-14-8-9-14)18(16)13-6-10-15(23-2)11-7-13/h6-7,10-12,14,16,18H,3-5,8-9H2,1-2H3,(H,20,24)/t12?,16-,18+/m1/s1. The largest absolute Gasteiger partial charge is 0.497 e. The summed E-state index contributed by atoms with van der Waals surface area (Å²) in [5.41, 5.74) is 2.61. The maximum atomic E-state index is 5.70. The zero-order valence-electron chi connectivity index (χ0n) is 14.4. The number of hydrogen-bond donors (Lipinski definition) is 1. The van der Waals surface area contributed by atoms with Crippen molar-refractivity contribution in [3.63, 3.8) is 0 Å². The molecule has 1 aromatic carbocycles. The van der Waals surface area contributed by atoms with Crippen LogP contribution in [0.4, 0.5) is 0 Å². The molecule has 128 valence electrons. The molecule has 0 bridgehead atoms. The van der Waals surface area contributed by atoms with E-state index in [0.717, 1.165) is 10.9 Å². The molecule has 2 aliphatic carbocycles. The minimum absolute atomic E-state index is 0.215. The van der Waals surface area contributed by atoms with Gasteiger partial charge >= 0.3 is 0 Å². The summed E-state index contributed by atoms with van der Waals surface area (Å²) in [6.07, 6.45) is 6.15. The second-order valence-electron chi connectivity index (χ2n) is 7.25. The van der Waals surface area contributed by atoms with Crippen LogP contribution in [0, 0.1) is 11.8 Å². The van der Waals surface area contributed by atoms with E-state index in [-0.39, 0.29) is 6.04 Å². The minimum atomic E-state index is 0.215. The van der Waals surface area contributed by atoms with Crippen molar-refractivity contribution in [2.24, 2.45) is 16.9 Å². The number of methoxy groups -OCH3 is 1. The van der Waals surface area contributed by atoms with Gasteiger partial charge in [-0.05, 0) is 61.5 Å². The van der Waals surface area contributed by atoms with Crippen molar-refractivity contribution in [1.82, 2.24) is 10.3 Å². The van der Waals surface area contributed by atoms with Crippen LogP contribution in [0.2, 0.25) is 0 Å². The Morgan fingerprint density at radius 2 is 1.96 bits per heavy atom. The number of ether oxygens (including phenoxy) is 1. The maximum Gasteiger partial charge on any atom is 0.190 e. The number of benzene rings is 1. The highest BCUT2D eigenvalue weighted by Gasteiger charge is 2.43. The van der Waals surface area contributed by atoms with Gasteiger partial charge in [0.15, 0.2) is 5.11 Å². The van der Waals surface area contributed by atoms with Crippen LogP contribution in [0.5, 0.6) is 5.75 Å². The molecule has 0 aromatic heterocycles. The van der Waals surface area contributed by atoms with Crippen LogP contribution in [-0.2, 0) is 0 Å². The lowest BCUT2D eigenvalue weighted by Crippen LogP contribution is -2.39. The Morgan fingerprint density at radius 3 is 2.62 bits per heavy atom. The summed E-state index contributed by atoms with van der Waals surface area (Å²) < 4.78 is 5.31. The first-order valence-electron chi connectivity index (χ1n) is 8.99. The highest BCUT2D eigenvalue weighted by molar-refractivity contribution is 7.80. The van der Waals surface area contributed by atoms with E-state index in [1.54, 1.807) is 7.11 Å². The number of fused-ring (bicyclic) bond motifs is 1. The molecule has 24 heavy (non-hydrogen) atoms. The van der Waals surface area contributed by atoms with Crippen molar-refractivity contribution in [1.29, 1.82) is 0 Å². The molecule has 1 N–H and O–H groups in total. The monoisotopic (exact) mass is 343 g/mol. The normalized spacial score (nSPS) is 29.0. The first-order chi connectivity index (χ1) is 11.7. The van der Waals surface area contributed by atoms with Gasteiger partial charge in [0.05, 0.1) is 13.2 Å². The minimum Gasteiger partial charge on any atom is -0.497 e. The zero-order valence-corrected chi connectivity index (χ0v) is 15.2. The summed E-state index contributed by atoms with van der Waals surface area (Å²) in [6, 6.07) is 9.16. The number of rotatable bonds is 3. The highest BCUT2D eigenvalue weighted by atomic mass is 32.1. The van der Waals surface area contributed by atoms with Gasteiger partial charge in [-0.1, -0.05) is 25.5 Å². The van der Waals surface area contributed by atoms with Crippen LogP contribution in [0.3, 0.4) is 0 Å². The van der Waals surface area contributed by atoms with E-state index in [1.165, 1.54) is 43.4 Å². The fraction of sp³-hybridized carbons (Fsp3) is 0.579. The van der Waals surface area contributed by atoms with Gasteiger partial charge in [-0.15, -0.1) is 0 Å². The van der Waals surface area contributed by atoms with E-state index in [0.29, 0.717) is 17.9 Å². The van der Waals surface area contributed by atoms with E-state index in [9.17, 15) is 0 Å². The number of hydrazone groups is 1. The smallest absolute Gasteiger partial charge is 0.190 e. The molecular formula is C19H25N3OS. The molecule has 0 amide bonds. The van der Waals surface area contributed by atoms with Crippen molar-refractivity contribution >= 4 is 23.0 Å². The van der Waals surface area contributed by atoms with Crippen molar-refractivity contribution < 1.29 is 4.74 Å². The second-order valence-corrected chi connectivity index (χ2v) is 7.64. The number of hydrogen-bond acceptors (Lipinski definition) is 3. The Kier molecular flexibility index (Phi) is 4.21. The number of nitrogens with zero attached hydrogens (tertiary/aromatic N) is 2. The summed E-state index contributed by atoms with van der Waals surface area (Å²) in [6.45, 7) is 2.30. The average molecular weight is 343 g/mol. The Hall–Kier alpha value is -1.62. The van der Waals surface area contributed by atoms with Crippen molar-refractivity contribution in [3.8, 4) is 5.75 Å². The topological polar surface area (TPSA) is 36.9 Å². The number of nitrogens with one attached hydrogen (secondary N) is 1. The van der Waals surface area contributed by atoms with Crippen molar-refractivity contribution in [3.05, 3.63) is 29.8 Å². The molecule has 0 saturated heterocycles. The van der Waals surface area contributed by atoms with Crippen LogP contribution in [-0.4, -0.2) is 29.0 Å². The summed E-state index contributed by atoms with van der Waals surface area (Å²) in [5, 5.41) is 11.3. The van der Waals surface area contributed by atoms with E-state index >= 15 is 0 Å². The van der Waals surface area contributed by atoms with Crippen LogP contribution in [0.15, 0.2) is 29.4 Å². The van der Waals surface area contributed by atoms with Gasteiger partial charge in [-0.25, -0.2) is 5.01 Å². The summed E-state index contributed by atoms with van der Waals surface area (Å²) in [4.78, 5) is 0. The van der Waals surface area contributed by atoms with E-state index in [4.69, 9.17) is 22.1 Å². The SMILES string of the molecule is COc1ccc([C@H]2[C@@H]3CCCC(C)C3=NN2C(=S)NC2CC2)cc1. The molecule has 0 spiro atoms. The third-order valence-electron chi connectivity index (χ3n) is 5.48. The quantitative estimate of drug-likeness (QED) is 0.845. The lowest BCUT2D eigenvalue weighted by atomic mass is 9.76. The van der Waals surface area contributed by atoms with E-state index in [1.807, 2.05) is 12.1 Å². The van der Waals surface area contributed by atoms with Gasteiger partial charge in [-0.3, -0.25) is 0 Å². The number of thiocarbonyl (C=S) groups is 1. The Balaban J connectivity index is 1.65. The first kappa shape index (κ1) is 15.9. The summed E-state index contributed by atoms with van der Waals surface area (Å²) in [7, 11) is 1.70. The Bertz CT molecular complexity index is 653. The van der Waals surface area contributed by atoms with E-state index < -0.39 is 0 Å². The van der Waals surface area contributed by atoms with E-state index in [2.05, 4.69) is 29.4 Å². The lowest BCUT2D eigenvalue weighted by molar-refractivity contribution is 0.292. The Morgan fingerprint density at radius 1 is 1.21 bits per heavy atom. The third kappa shape index (κ3) is 2.90. The molecule has 1 heterocycles. The predicted molar refractivity (Wildman–Crippen MR) is 100 cm³/mol. The fourth-order valence-electron chi connectivity index (χ4n) is 3.97. The molecule has 1 aromatic rings. The first-order valence-corrected chi connectivity index (χ1v) is 9.40. The van der Waals surface area contributed by atoms with Gasteiger partial charge in [0.25, 0.3) is 0 Å². The molecule has 1 aliphatic heterocycles. The molecule has 3 aliphatic rings. The van der Waals surface area contributed by atoms with Crippen LogP contribution in [0.25, 0.3) is 0 Å². The molecular weight excluding hydrogens is 318 g/mol. The van der Waals surface area contributed by atoms with Gasteiger partial charge in [-0.2, -0.15) is 5.10 Å². The predicted octanol–water partition coefficient (Wildman–Crippen LogP) is 3.88. The average Bonchev–Trinajstić information content (AvgIpc) is 3.32. The lowest BCUT2D eigenvalue weighted by Gasteiger charge is -2.31. The summed E-state index contributed by atoms with van der Waals surface area (Å²) in [5.74, 6) is 1.92. The van der Waals surface area contributed by atoms with Gasteiger partial charge < -0.3 is 10.1 Å². The van der Waals surface area contributed by atoms with Gasteiger partial charge in [0.1, 0.15) is 5.75 Å². The fourth-order valence-corrected chi connectivity index (χ4v) is 4.29. The van der Waals surface area contributed by atoms with Crippen LogP contribution >= 0.6 is 12.2 Å². The van der Waals surface area contributed by atoms with Gasteiger partial charge in [0, 0.05) is 17.7 Å². The van der Waals surface area contributed by atoms with Crippen LogP contribution < -0.4 is 10.1 Å².